The van der Waals surface area contributed by atoms with E-state index in [1.54, 1.807) is 0 Å². The molecule has 70 valence electrons. The Morgan fingerprint density at radius 2 is 2.42 bits per heavy atom. The zero-order valence-electron chi connectivity index (χ0n) is 7.55. The summed E-state index contributed by atoms with van der Waals surface area (Å²) in [5, 5.41) is 9.78. The molecule has 0 spiro atoms. The van der Waals surface area contributed by atoms with Crippen molar-refractivity contribution < 1.29 is 9.90 Å². The van der Waals surface area contributed by atoms with Gasteiger partial charge in [0.25, 0.3) is 0 Å². The maximum Gasteiger partial charge on any atom is 0.249 e. The fraction of sp³-hybridized carbons (Fsp3) is 0.889. The molecule has 1 fully saturated rings. The lowest BCUT2D eigenvalue weighted by molar-refractivity contribution is -0.141. The Morgan fingerprint density at radius 3 is 2.92 bits per heavy atom. The SMILES string of the molecule is CC[C@@H]1CCC[C@@](O)(C(N)=O)C1. The smallest absolute Gasteiger partial charge is 0.249 e. The summed E-state index contributed by atoms with van der Waals surface area (Å²) in [7, 11) is 0. The average Bonchev–Trinajstić information content (AvgIpc) is 2.04. The van der Waals surface area contributed by atoms with Gasteiger partial charge in [0.05, 0.1) is 0 Å². The van der Waals surface area contributed by atoms with Crippen LogP contribution >= 0.6 is 0 Å². The van der Waals surface area contributed by atoms with Gasteiger partial charge in [0.2, 0.25) is 5.91 Å². The Morgan fingerprint density at radius 1 is 1.75 bits per heavy atom. The number of primary amides is 1. The van der Waals surface area contributed by atoms with Crippen molar-refractivity contribution in [1.82, 2.24) is 0 Å². The van der Waals surface area contributed by atoms with E-state index >= 15 is 0 Å². The van der Waals surface area contributed by atoms with Gasteiger partial charge in [-0.2, -0.15) is 0 Å². The Bertz CT molecular complexity index is 181. The molecule has 3 N–H and O–H groups in total. The normalized spacial score (nSPS) is 36.3. The van der Waals surface area contributed by atoms with Crippen molar-refractivity contribution in [3.8, 4) is 0 Å². The van der Waals surface area contributed by atoms with E-state index in [9.17, 15) is 9.90 Å². The first-order chi connectivity index (χ1) is 5.58. The lowest BCUT2D eigenvalue weighted by Gasteiger charge is -2.33. The third kappa shape index (κ3) is 1.78. The zero-order valence-corrected chi connectivity index (χ0v) is 7.55. The Hall–Kier alpha value is -0.570. The summed E-state index contributed by atoms with van der Waals surface area (Å²) in [6.45, 7) is 2.08. The van der Waals surface area contributed by atoms with Gasteiger partial charge in [0.1, 0.15) is 5.60 Å². The molecule has 2 atom stereocenters. The van der Waals surface area contributed by atoms with E-state index in [2.05, 4.69) is 6.92 Å². The van der Waals surface area contributed by atoms with E-state index in [-0.39, 0.29) is 0 Å². The number of carbonyl (C=O) groups excluding carboxylic acids is 1. The largest absolute Gasteiger partial charge is 0.380 e. The van der Waals surface area contributed by atoms with Crippen LogP contribution in [0, 0.1) is 5.92 Å². The third-order valence-corrected chi connectivity index (χ3v) is 2.87. The van der Waals surface area contributed by atoms with Gasteiger partial charge in [-0.1, -0.05) is 19.8 Å². The quantitative estimate of drug-likeness (QED) is 0.645. The average molecular weight is 171 g/mol. The predicted octanol–water partition coefficient (Wildman–Crippen LogP) is 0.803. The minimum absolute atomic E-state index is 0.469. The highest BCUT2D eigenvalue weighted by Crippen LogP contribution is 2.33. The molecule has 3 nitrogen and oxygen atoms in total. The standard InChI is InChI=1S/C9H17NO2/c1-2-7-4-3-5-9(12,6-7)8(10)11/h7,12H,2-6H2,1H3,(H2,10,11)/t7-,9+/m1/s1. The van der Waals surface area contributed by atoms with E-state index in [0.717, 1.165) is 19.3 Å². The number of carbonyl (C=O) groups is 1. The fourth-order valence-electron chi connectivity index (χ4n) is 1.94. The molecule has 0 bridgehead atoms. The summed E-state index contributed by atoms with van der Waals surface area (Å²) in [5.41, 5.74) is 3.92. The number of rotatable bonds is 2. The molecule has 0 radical (unpaired) electrons. The number of nitrogens with two attached hydrogens (primary N) is 1. The molecule has 0 unspecified atom stereocenters. The van der Waals surface area contributed by atoms with Crippen LogP contribution in [0.15, 0.2) is 0 Å². The van der Waals surface area contributed by atoms with Crippen LogP contribution in [-0.4, -0.2) is 16.6 Å². The number of amides is 1. The number of hydrogen-bond donors (Lipinski definition) is 2. The summed E-state index contributed by atoms with van der Waals surface area (Å²) in [5.74, 6) is -0.0862. The van der Waals surface area contributed by atoms with Gasteiger partial charge >= 0.3 is 0 Å². The highest BCUT2D eigenvalue weighted by Gasteiger charge is 2.38. The molecule has 0 aromatic carbocycles. The van der Waals surface area contributed by atoms with E-state index in [4.69, 9.17) is 5.73 Å². The first-order valence-corrected chi connectivity index (χ1v) is 4.61. The van der Waals surface area contributed by atoms with Gasteiger partial charge in [0.15, 0.2) is 0 Å². The Balaban J connectivity index is 2.61. The Labute approximate surface area is 72.9 Å². The van der Waals surface area contributed by atoms with Gasteiger partial charge in [-0.05, 0) is 25.2 Å². The van der Waals surface area contributed by atoms with Crippen molar-refractivity contribution in [2.75, 3.05) is 0 Å². The molecule has 0 heterocycles. The topological polar surface area (TPSA) is 63.3 Å². The molecule has 1 saturated carbocycles. The molecule has 1 aliphatic rings. The Kier molecular flexibility index (Phi) is 2.73. The highest BCUT2D eigenvalue weighted by molar-refractivity contribution is 5.83. The first-order valence-electron chi connectivity index (χ1n) is 4.61. The minimum Gasteiger partial charge on any atom is -0.380 e. The van der Waals surface area contributed by atoms with E-state index in [1.807, 2.05) is 0 Å². The van der Waals surface area contributed by atoms with Crippen LogP contribution in [0.3, 0.4) is 0 Å². The second-order valence-corrected chi connectivity index (χ2v) is 3.77. The summed E-state index contributed by atoms with van der Waals surface area (Å²) >= 11 is 0. The van der Waals surface area contributed by atoms with E-state index < -0.39 is 11.5 Å². The zero-order chi connectivity index (χ0) is 9.19. The third-order valence-electron chi connectivity index (χ3n) is 2.87. The summed E-state index contributed by atoms with van der Waals surface area (Å²) in [6.07, 6.45) is 4.15. The molecular weight excluding hydrogens is 154 g/mol. The summed E-state index contributed by atoms with van der Waals surface area (Å²) < 4.78 is 0. The van der Waals surface area contributed by atoms with Gasteiger partial charge in [-0.15, -0.1) is 0 Å². The molecule has 1 aliphatic carbocycles. The lowest BCUT2D eigenvalue weighted by Crippen LogP contribution is -2.47. The fourth-order valence-corrected chi connectivity index (χ4v) is 1.94. The molecule has 12 heavy (non-hydrogen) atoms. The molecule has 0 aromatic heterocycles. The molecule has 0 saturated heterocycles. The van der Waals surface area contributed by atoms with Crippen LogP contribution in [0.4, 0.5) is 0 Å². The molecule has 1 rings (SSSR count). The number of hydrogen-bond acceptors (Lipinski definition) is 2. The first kappa shape index (κ1) is 9.52. The van der Waals surface area contributed by atoms with Crippen molar-refractivity contribution in [1.29, 1.82) is 0 Å². The van der Waals surface area contributed by atoms with Gasteiger partial charge in [0, 0.05) is 0 Å². The summed E-state index contributed by atoms with van der Waals surface area (Å²) in [6, 6.07) is 0. The molecule has 3 heteroatoms. The second-order valence-electron chi connectivity index (χ2n) is 3.77. The van der Waals surface area contributed by atoms with Crippen LogP contribution in [0.5, 0.6) is 0 Å². The van der Waals surface area contributed by atoms with Crippen LogP contribution < -0.4 is 5.73 Å². The van der Waals surface area contributed by atoms with Crippen molar-refractivity contribution in [3.05, 3.63) is 0 Å². The van der Waals surface area contributed by atoms with Crippen LogP contribution in [0.25, 0.3) is 0 Å². The molecular formula is C9H17NO2. The molecule has 1 amide bonds. The van der Waals surface area contributed by atoms with E-state index in [1.165, 1.54) is 0 Å². The van der Waals surface area contributed by atoms with Crippen molar-refractivity contribution >= 4 is 5.91 Å². The van der Waals surface area contributed by atoms with E-state index in [0.29, 0.717) is 18.8 Å². The van der Waals surface area contributed by atoms with Gasteiger partial charge in [-0.25, -0.2) is 0 Å². The minimum atomic E-state index is -1.21. The highest BCUT2D eigenvalue weighted by atomic mass is 16.3. The van der Waals surface area contributed by atoms with Gasteiger partial charge in [-0.3, -0.25) is 4.79 Å². The predicted molar refractivity (Wildman–Crippen MR) is 46.4 cm³/mol. The van der Waals surface area contributed by atoms with Crippen molar-refractivity contribution in [3.63, 3.8) is 0 Å². The van der Waals surface area contributed by atoms with Crippen molar-refractivity contribution in [2.24, 2.45) is 11.7 Å². The van der Waals surface area contributed by atoms with Gasteiger partial charge < -0.3 is 10.8 Å². The van der Waals surface area contributed by atoms with Crippen molar-refractivity contribution in [2.45, 2.75) is 44.6 Å². The maximum atomic E-state index is 10.9. The second kappa shape index (κ2) is 3.44. The lowest BCUT2D eigenvalue weighted by atomic mass is 9.77. The van der Waals surface area contributed by atoms with Crippen LogP contribution in [-0.2, 0) is 4.79 Å². The maximum absolute atomic E-state index is 10.9. The summed E-state index contributed by atoms with van der Waals surface area (Å²) in [4.78, 5) is 10.9. The monoisotopic (exact) mass is 171 g/mol. The van der Waals surface area contributed by atoms with Crippen LogP contribution in [0.2, 0.25) is 0 Å². The molecule has 0 aromatic rings. The number of aliphatic hydroxyl groups is 1. The van der Waals surface area contributed by atoms with Crippen LogP contribution in [0.1, 0.15) is 39.0 Å². The molecule has 0 aliphatic heterocycles.